The van der Waals surface area contributed by atoms with E-state index in [1.165, 1.54) is 0 Å². The van der Waals surface area contributed by atoms with Crippen molar-refractivity contribution in [1.82, 2.24) is 5.32 Å². The molecule has 254 valence electrons. The molecule has 0 unspecified atom stereocenters. The average molecular weight is 646 g/mol. The van der Waals surface area contributed by atoms with Crippen molar-refractivity contribution >= 4 is 17.9 Å². The van der Waals surface area contributed by atoms with E-state index in [0.29, 0.717) is 44.5 Å². The molecule has 0 spiro atoms. The average Bonchev–Trinajstić information content (AvgIpc) is 3.06. The van der Waals surface area contributed by atoms with Crippen molar-refractivity contribution in [3.63, 3.8) is 0 Å². The van der Waals surface area contributed by atoms with E-state index < -0.39 is 29.4 Å². The Labute approximate surface area is 270 Å². The Hall–Kier alpha value is -3.71. The van der Waals surface area contributed by atoms with E-state index >= 15 is 0 Å². The normalized spacial score (nSPS) is 13.8. The van der Waals surface area contributed by atoms with Crippen LogP contribution in [0, 0.1) is 5.41 Å². The Morgan fingerprint density at radius 3 is 1.65 bits per heavy atom. The summed E-state index contributed by atoms with van der Waals surface area (Å²) in [5, 5.41) is 3.26. The van der Waals surface area contributed by atoms with Gasteiger partial charge in [0.05, 0.1) is 60.3 Å². The molecule has 0 saturated heterocycles. The molecule has 12 heteroatoms. The van der Waals surface area contributed by atoms with Crippen LogP contribution in [0.3, 0.4) is 0 Å². The summed E-state index contributed by atoms with van der Waals surface area (Å²) in [5.74, 6) is -0.594. The van der Waals surface area contributed by atoms with Gasteiger partial charge >= 0.3 is 17.9 Å². The molecule has 0 heterocycles. The SMILES string of the molecule is CCCNCCOCCOCCOCCC(=O)OC1CC(C(=O)OCc2ccc(OC)cc2)(C(=O)OCc2ccc(OC)cc2)C1. The fourth-order valence-corrected chi connectivity index (χ4v) is 4.62. The van der Waals surface area contributed by atoms with Crippen LogP contribution in [0.15, 0.2) is 48.5 Å². The van der Waals surface area contributed by atoms with E-state index in [0.717, 1.165) is 30.6 Å². The molecule has 1 fully saturated rings. The largest absolute Gasteiger partial charge is 0.497 e. The monoisotopic (exact) mass is 645 g/mol. The van der Waals surface area contributed by atoms with E-state index in [-0.39, 0.29) is 39.1 Å². The number of methoxy groups -OCH3 is 2. The molecule has 2 aromatic rings. The Morgan fingerprint density at radius 1 is 0.696 bits per heavy atom. The van der Waals surface area contributed by atoms with Gasteiger partial charge in [-0.3, -0.25) is 14.4 Å². The van der Waals surface area contributed by atoms with E-state index in [1.807, 2.05) is 0 Å². The van der Waals surface area contributed by atoms with Gasteiger partial charge < -0.3 is 43.2 Å². The van der Waals surface area contributed by atoms with Gasteiger partial charge in [-0.1, -0.05) is 31.2 Å². The number of carbonyl (C=O) groups is 3. The first-order chi connectivity index (χ1) is 22.4. The summed E-state index contributed by atoms with van der Waals surface area (Å²) >= 11 is 0. The zero-order valence-corrected chi connectivity index (χ0v) is 27.1. The summed E-state index contributed by atoms with van der Waals surface area (Å²) in [6, 6.07) is 14.1. The van der Waals surface area contributed by atoms with Crippen LogP contribution >= 0.6 is 0 Å². The maximum Gasteiger partial charge on any atom is 0.324 e. The maximum atomic E-state index is 13.3. The van der Waals surface area contributed by atoms with E-state index in [2.05, 4.69) is 12.2 Å². The molecule has 0 bridgehead atoms. The van der Waals surface area contributed by atoms with E-state index in [9.17, 15) is 14.4 Å². The van der Waals surface area contributed by atoms with E-state index in [1.54, 1.807) is 62.8 Å². The Bertz CT molecular complexity index is 1120. The summed E-state index contributed by atoms with van der Waals surface area (Å²) in [4.78, 5) is 39.0. The highest BCUT2D eigenvalue weighted by molar-refractivity contribution is 6.01. The maximum absolute atomic E-state index is 13.3. The number of ether oxygens (including phenoxy) is 8. The summed E-state index contributed by atoms with van der Waals surface area (Å²) < 4.78 is 43.3. The Balaban J connectivity index is 1.40. The van der Waals surface area contributed by atoms with Crippen molar-refractivity contribution in [2.75, 3.05) is 67.0 Å². The zero-order chi connectivity index (χ0) is 33.0. The van der Waals surface area contributed by atoms with Gasteiger partial charge in [0, 0.05) is 19.4 Å². The molecule has 1 aliphatic rings. The van der Waals surface area contributed by atoms with E-state index in [4.69, 9.17) is 37.9 Å². The van der Waals surface area contributed by atoms with Crippen LogP contribution < -0.4 is 14.8 Å². The van der Waals surface area contributed by atoms with Gasteiger partial charge in [0.25, 0.3) is 0 Å². The van der Waals surface area contributed by atoms with Crippen molar-refractivity contribution in [3.05, 3.63) is 59.7 Å². The quantitative estimate of drug-likeness (QED) is 0.0818. The summed E-state index contributed by atoms with van der Waals surface area (Å²) in [7, 11) is 3.12. The molecule has 0 atom stereocenters. The van der Waals surface area contributed by atoms with Crippen molar-refractivity contribution in [3.8, 4) is 11.5 Å². The van der Waals surface area contributed by atoms with Crippen LogP contribution in [0.2, 0.25) is 0 Å². The number of hydrogen-bond donors (Lipinski definition) is 1. The Morgan fingerprint density at radius 2 is 1.17 bits per heavy atom. The van der Waals surface area contributed by atoms with Gasteiger partial charge in [0.15, 0.2) is 5.41 Å². The third-order valence-corrected chi connectivity index (χ3v) is 7.33. The minimum absolute atomic E-state index is 0.0290. The molecule has 3 rings (SSSR count). The third kappa shape index (κ3) is 12.2. The molecule has 1 N–H and O–H groups in total. The zero-order valence-electron chi connectivity index (χ0n) is 27.1. The molecule has 0 aromatic heterocycles. The van der Waals surface area contributed by atoms with Gasteiger partial charge in [-0.25, -0.2) is 0 Å². The molecule has 46 heavy (non-hydrogen) atoms. The number of nitrogens with one attached hydrogen (secondary N) is 1. The highest BCUT2D eigenvalue weighted by Crippen LogP contribution is 2.45. The molecular weight excluding hydrogens is 598 g/mol. The fourth-order valence-electron chi connectivity index (χ4n) is 4.62. The van der Waals surface area contributed by atoms with Gasteiger partial charge in [-0.2, -0.15) is 0 Å². The molecule has 0 radical (unpaired) electrons. The molecule has 0 amide bonds. The van der Waals surface area contributed by atoms with Crippen molar-refractivity contribution < 1.29 is 52.3 Å². The van der Waals surface area contributed by atoms with Gasteiger partial charge in [0.1, 0.15) is 30.8 Å². The number of esters is 3. The van der Waals surface area contributed by atoms with Crippen LogP contribution in [0.1, 0.15) is 43.7 Å². The topological polar surface area (TPSA) is 137 Å². The van der Waals surface area contributed by atoms with Crippen LogP contribution in [0.25, 0.3) is 0 Å². The lowest BCUT2D eigenvalue weighted by atomic mass is 9.66. The van der Waals surface area contributed by atoms with Gasteiger partial charge in [-0.15, -0.1) is 0 Å². The number of hydrogen-bond acceptors (Lipinski definition) is 12. The second kappa shape index (κ2) is 20.4. The van der Waals surface area contributed by atoms with Gasteiger partial charge in [0.2, 0.25) is 0 Å². The number of rotatable bonds is 23. The third-order valence-electron chi connectivity index (χ3n) is 7.33. The lowest BCUT2D eigenvalue weighted by Crippen LogP contribution is -2.55. The first-order valence-corrected chi connectivity index (χ1v) is 15.6. The first kappa shape index (κ1) is 36.8. The van der Waals surface area contributed by atoms with Crippen LogP contribution in [-0.4, -0.2) is 91.0 Å². The van der Waals surface area contributed by atoms with Crippen LogP contribution in [0.4, 0.5) is 0 Å². The summed E-state index contributed by atoms with van der Waals surface area (Å²) in [6.07, 6.45) is 0.422. The van der Waals surface area contributed by atoms with Crippen molar-refractivity contribution in [2.45, 2.75) is 51.9 Å². The molecule has 0 aliphatic heterocycles. The standard InChI is InChI=1S/C34H47NO11/c1-4-14-35-15-17-42-19-21-43-20-18-41-16-13-31(36)46-30-22-34(23-30,32(37)44-24-26-5-9-28(39-2)10-6-26)33(38)45-25-27-7-11-29(40-3)12-8-27/h5-12,30,35H,4,13-25H2,1-3H3. The number of carbonyl (C=O) groups excluding carboxylic acids is 3. The smallest absolute Gasteiger partial charge is 0.324 e. The molecule has 12 nitrogen and oxygen atoms in total. The Kier molecular flexibility index (Phi) is 16.3. The molecule has 1 saturated carbocycles. The fraction of sp³-hybridized carbons (Fsp3) is 0.559. The minimum atomic E-state index is -1.58. The highest BCUT2D eigenvalue weighted by Gasteiger charge is 2.60. The summed E-state index contributed by atoms with van der Waals surface area (Å²) in [6.45, 7) is 6.33. The second-order valence-electron chi connectivity index (χ2n) is 10.8. The lowest BCUT2D eigenvalue weighted by Gasteiger charge is -2.42. The lowest BCUT2D eigenvalue weighted by molar-refractivity contribution is -0.197. The van der Waals surface area contributed by atoms with Crippen molar-refractivity contribution in [1.29, 1.82) is 0 Å². The second-order valence-corrected chi connectivity index (χ2v) is 10.8. The molecule has 2 aromatic carbocycles. The van der Waals surface area contributed by atoms with Crippen molar-refractivity contribution in [2.24, 2.45) is 5.41 Å². The first-order valence-electron chi connectivity index (χ1n) is 15.6. The van der Waals surface area contributed by atoms with Gasteiger partial charge in [-0.05, 0) is 48.4 Å². The summed E-state index contributed by atoms with van der Waals surface area (Å²) in [5.41, 5.74) is -0.118. The highest BCUT2D eigenvalue weighted by atomic mass is 16.6. The molecule has 1 aliphatic carbocycles. The minimum Gasteiger partial charge on any atom is -0.497 e. The molecular formula is C34H47NO11. The van der Waals surface area contributed by atoms with Crippen LogP contribution in [0.5, 0.6) is 11.5 Å². The predicted octanol–water partition coefficient (Wildman–Crippen LogP) is 3.62. The number of benzene rings is 2. The van der Waals surface area contributed by atoms with Crippen LogP contribution in [-0.2, 0) is 56.0 Å². The predicted molar refractivity (Wildman–Crippen MR) is 167 cm³/mol.